The predicted octanol–water partition coefficient (Wildman–Crippen LogP) is 5.52. The molecular formula is C40H52F12Fe2N8O12S4+4. The summed E-state index contributed by atoms with van der Waals surface area (Å²) in [7, 11) is -15.8. The molecular weight excluding hydrogens is 1250 g/mol. The quantitative estimate of drug-likeness (QED) is 0.0650. The molecule has 0 saturated heterocycles. The first-order valence-electron chi connectivity index (χ1n) is 20.5. The smallest absolute Gasteiger partial charge is 0.741 e. The minimum Gasteiger partial charge on any atom is -0.741 e. The van der Waals surface area contributed by atoms with Gasteiger partial charge < -0.3 is 18.2 Å². The van der Waals surface area contributed by atoms with Gasteiger partial charge in [-0.05, 0) is 102 Å². The van der Waals surface area contributed by atoms with E-state index >= 15 is 0 Å². The van der Waals surface area contributed by atoms with Crippen LogP contribution < -0.4 is 0 Å². The molecule has 0 fully saturated rings. The summed E-state index contributed by atoms with van der Waals surface area (Å²) >= 11 is 0. The van der Waals surface area contributed by atoms with Crippen molar-refractivity contribution in [1.29, 1.82) is 0 Å². The normalized spacial score (nSPS) is 12.2. The minimum absolute atomic E-state index is 0. The van der Waals surface area contributed by atoms with Crippen LogP contribution in [-0.2, 0) is 101 Å². The number of pyridine rings is 4. The molecule has 4 aromatic heterocycles. The first kappa shape index (κ1) is 80.8. The maximum atomic E-state index is 10.7. The van der Waals surface area contributed by atoms with Gasteiger partial charge in [0.15, 0.2) is 40.5 Å². The van der Waals surface area contributed by atoms with Gasteiger partial charge in [-0.1, -0.05) is 24.3 Å². The summed E-state index contributed by atoms with van der Waals surface area (Å²) in [6.07, 6.45) is 7.72. The van der Waals surface area contributed by atoms with Crippen LogP contribution >= 0.6 is 0 Å². The number of alkyl halides is 12. The molecule has 0 aliphatic heterocycles. The Morgan fingerprint density at radius 1 is 0.346 bits per heavy atom. The Morgan fingerprint density at radius 3 is 0.564 bits per heavy atom. The number of aromatic nitrogens is 4. The fourth-order valence-corrected chi connectivity index (χ4v) is 4.47. The van der Waals surface area contributed by atoms with Crippen LogP contribution in [0.5, 0.6) is 0 Å². The molecule has 4 rings (SSSR count). The Bertz CT molecular complexity index is 2390. The van der Waals surface area contributed by atoms with Crippen molar-refractivity contribution in [2.24, 2.45) is 0 Å². The van der Waals surface area contributed by atoms with Crippen molar-refractivity contribution in [3.63, 3.8) is 0 Å². The molecule has 0 N–H and O–H groups in total. The molecule has 0 radical (unpaired) electrons. The van der Waals surface area contributed by atoms with Crippen LogP contribution in [0.25, 0.3) is 0 Å². The fourth-order valence-electron chi connectivity index (χ4n) is 4.47. The number of rotatable bonds is 14. The van der Waals surface area contributed by atoms with Crippen LogP contribution in [0.1, 0.15) is 45.0 Å². The molecule has 4 heterocycles. The van der Waals surface area contributed by atoms with Crippen molar-refractivity contribution in [2.45, 2.75) is 75.9 Å². The van der Waals surface area contributed by atoms with Gasteiger partial charge >= 0.3 is 56.2 Å². The zero-order valence-corrected chi connectivity index (χ0v) is 47.4. The molecule has 4 aromatic rings. The molecule has 0 saturated carbocycles. The van der Waals surface area contributed by atoms with Crippen LogP contribution in [0.15, 0.2) is 73.3 Å². The maximum absolute atomic E-state index is 10.7. The first-order chi connectivity index (χ1) is 34.0. The number of nitrogens with zero attached hydrogens (tertiary/aromatic N) is 8. The second kappa shape index (κ2) is 35.2. The average molecular weight is 1300 g/mol. The van der Waals surface area contributed by atoms with E-state index in [-0.39, 0.29) is 34.1 Å². The Morgan fingerprint density at radius 2 is 0.474 bits per heavy atom. The molecule has 0 unspecified atom stereocenters. The van der Waals surface area contributed by atoms with Crippen molar-refractivity contribution >= 4 is 40.5 Å². The molecule has 20 nitrogen and oxygen atoms in total. The van der Waals surface area contributed by atoms with Crippen molar-refractivity contribution in [3.05, 3.63) is 118 Å². The van der Waals surface area contributed by atoms with Crippen LogP contribution in [-0.4, -0.2) is 168 Å². The summed E-state index contributed by atoms with van der Waals surface area (Å²) in [5.74, 6) is 0. The van der Waals surface area contributed by atoms with Crippen molar-refractivity contribution in [3.8, 4) is 0 Å². The predicted molar refractivity (Wildman–Crippen MR) is 244 cm³/mol. The zero-order chi connectivity index (χ0) is 59.9. The van der Waals surface area contributed by atoms with Crippen molar-refractivity contribution in [2.75, 3.05) is 54.4 Å². The average Bonchev–Trinajstić information content (AvgIpc) is 3.24. The number of halogens is 12. The molecule has 0 aliphatic rings. The third kappa shape index (κ3) is 38.0. The molecule has 0 aromatic carbocycles. The van der Waals surface area contributed by atoms with E-state index in [1.807, 2.05) is 24.8 Å². The van der Waals surface area contributed by atoms with Crippen LogP contribution in [0.4, 0.5) is 52.7 Å². The first-order valence-corrected chi connectivity index (χ1v) is 26.2. The van der Waals surface area contributed by atoms with Gasteiger partial charge in [-0.2, -0.15) is 52.7 Å². The van der Waals surface area contributed by atoms with Gasteiger partial charge in [0.05, 0.1) is 22.8 Å². The largest absolute Gasteiger partial charge is 4.00 e. The van der Waals surface area contributed by atoms with Gasteiger partial charge in [0.2, 0.25) is 0 Å². The van der Waals surface area contributed by atoms with E-state index in [9.17, 15) is 52.7 Å². The standard InChI is InChI=1S/2C18H26N4.4CHF3O3S.2Fe/c2*1-15-5-7-17(19-11-15)13-21(3)9-10-22(4)14-18-8-6-16(2)12-20-18;4*2-1(3,4)8(5,6)7;;/h2*5-8,11-12H,9-10,13-14H2,1-4H3;4*(H,5,6,7);;/q;;;;;;2*+4/p-4. The number of aryl methyl sites for hydroxylation is 4. The Balaban J connectivity index is -0.000000452. The second-order valence-electron chi connectivity index (χ2n) is 15.9. The molecule has 0 bridgehead atoms. The molecule has 0 aliphatic carbocycles. The van der Waals surface area contributed by atoms with Gasteiger partial charge in [0.1, 0.15) is 0 Å². The van der Waals surface area contributed by atoms with Gasteiger partial charge in [-0.25, -0.2) is 33.7 Å². The Labute approximate surface area is 465 Å². The number of hydrogen-bond donors (Lipinski definition) is 0. The van der Waals surface area contributed by atoms with E-state index in [0.717, 1.165) is 75.1 Å². The molecule has 38 heteroatoms. The van der Waals surface area contributed by atoms with Gasteiger partial charge in [-0.15, -0.1) is 0 Å². The van der Waals surface area contributed by atoms with Gasteiger partial charge in [-0.3, -0.25) is 39.5 Å². The van der Waals surface area contributed by atoms with E-state index in [2.05, 4.69) is 144 Å². The van der Waals surface area contributed by atoms with E-state index in [0.29, 0.717) is 0 Å². The molecule has 0 atom stereocenters. The molecule has 444 valence electrons. The minimum atomic E-state index is -6.09. The summed E-state index contributed by atoms with van der Waals surface area (Å²) in [6, 6.07) is 16.9. The van der Waals surface area contributed by atoms with Gasteiger partial charge in [0.25, 0.3) is 0 Å². The summed E-state index contributed by atoms with van der Waals surface area (Å²) < 4.78 is 236. The molecule has 0 amide bonds. The maximum Gasteiger partial charge on any atom is 4.00 e. The van der Waals surface area contributed by atoms with Crippen molar-refractivity contribution in [1.82, 2.24) is 39.5 Å². The summed E-state index contributed by atoms with van der Waals surface area (Å²) in [5.41, 5.74) is -13.3. The Hall–Kier alpha value is -3.72. The van der Waals surface area contributed by atoms with Crippen LogP contribution in [0.2, 0.25) is 0 Å². The van der Waals surface area contributed by atoms with E-state index in [1.54, 1.807) is 0 Å². The van der Waals surface area contributed by atoms with Crippen molar-refractivity contribution < 1.29 is 139 Å². The van der Waals surface area contributed by atoms with E-state index in [1.165, 1.54) is 22.3 Å². The van der Waals surface area contributed by atoms with Crippen LogP contribution in [0.3, 0.4) is 0 Å². The molecule has 0 spiro atoms. The Kier molecular flexibility index (Phi) is 36.4. The SMILES string of the molecule is Cc1ccc(CN(C)CCN(C)Cc2ccc(C)cn2)nc1.Cc1ccc(CN(C)CCN(C)Cc2ccc(C)cn2)nc1.O=S(=O)([O-])C(F)(F)F.O=S(=O)([O-])C(F)(F)F.O=S(=O)([O-])C(F)(F)F.O=S(=O)([O-])C(F)(F)F.[Fe+4].[Fe+4]. The molecule has 78 heavy (non-hydrogen) atoms. The van der Waals surface area contributed by atoms with Crippen LogP contribution in [0, 0.1) is 27.7 Å². The third-order valence-electron chi connectivity index (χ3n) is 8.48. The van der Waals surface area contributed by atoms with E-state index in [4.69, 9.17) is 51.9 Å². The zero-order valence-electron chi connectivity index (χ0n) is 41.9. The number of hydrogen-bond acceptors (Lipinski definition) is 20. The topological polar surface area (TPSA) is 293 Å². The fraction of sp³-hybridized carbons (Fsp3) is 0.500. The summed E-state index contributed by atoms with van der Waals surface area (Å²) in [6.45, 7) is 15.8. The third-order valence-corrected chi connectivity index (χ3v) is 10.7. The summed E-state index contributed by atoms with van der Waals surface area (Å²) in [5, 5.41) is 0. The van der Waals surface area contributed by atoms with Gasteiger partial charge in [0, 0.05) is 77.1 Å². The number of likely N-dealkylation sites (N-methyl/N-ethyl adjacent to an activating group) is 4. The summed E-state index contributed by atoms with van der Waals surface area (Å²) in [4.78, 5) is 27.0. The van der Waals surface area contributed by atoms with E-state index < -0.39 is 62.5 Å². The monoisotopic (exact) mass is 1300 g/mol. The second-order valence-corrected chi connectivity index (χ2v) is 21.3.